The number of amides is 1. The highest BCUT2D eigenvalue weighted by molar-refractivity contribution is 5.73. The standard InChI is InChI=1S/C11H18N6O/c1-8(18)14-9-2-4-17(5-3-9)11-7-13-6-10(15-11)16-12/h6-7,9H,2-5,12H2,1H3,(H,14,18)(H,15,16). The molecule has 0 aromatic carbocycles. The van der Waals surface area contributed by atoms with E-state index in [4.69, 9.17) is 5.84 Å². The van der Waals surface area contributed by atoms with Gasteiger partial charge in [-0.25, -0.2) is 10.8 Å². The van der Waals surface area contributed by atoms with Crippen LogP contribution in [0.15, 0.2) is 12.4 Å². The number of rotatable bonds is 3. The number of piperidine rings is 1. The van der Waals surface area contributed by atoms with E-state index in [1.54, 1.807) is 19.3 Å². The molecule has 18 heavy (non-hydrogen) atoms. The largest absolute Gasteiger partial charge is 0.355 e. The van der Waals surface area contributed by atoms with E-state index in [9.17, 15) is 4.79 Å². The first-order valence-corrected chi connectivity index (χ1v) is 5.99. The van der Waals surface area contributed by atoms with Gasteiger partial charge < -0.3 is 15.6 Å². The summed E-state index contributed by atoms with van der Waals surface area (Å²) in [6, 6.07) is 0.266. The first-order valence-electron chi connectivity index (χ1n) is 5.99. The molecule has 0 saturated carbocycles. The van der Waals surface area contributed by atoms with Gasteiger partial charge in [-0.05, 0) is 12.8 Å². The molecule has 7 heteroatoms. The summed E-state index contributed by atoms with van der Waals surface area (Å²) in [6.45, 7) is 3.26. The molecule has 1 aromatic heterocycles. The summed E-state index contributed by atoms with van der Waals surface area (Å²) in [5.74, 6) is 6.70. The summed E-state index contributed by atoms with van der Waals surface area (Å²) in [4.78, 5) is 21.5. The molecule has 98 valence electrons. The zero-order chi connectivity index (χ0) is 13.0. The van der Waals surface area contributed by atoms with E-state index in [1.165, 1.54) is 0 Å². The maximum Gasteiger partial charge on any atom is 0.217 e. The molecule has 1 aromatic rings. The topological polar surface area (TPSA) is 96.2 Å². The molecule has 1 fully saturated rings. The Bertz CT molecular complexity index is 416. The Morgan fingerprint density at radius 3 is 2.78 bits per heavy atom. The molecular weight excluding hydrogens is 232 g/mol. The van der Waals surface area contributed by atoms with Gasteiger partial charge in [0.15, 0.2) is 5.82 Å². The average molecular weight is 250 g/mol. The molecule has 2 heterocycles. The summed E-state index contributed by atoms with van der Waals surface area (Å²) >= 11 is 0. The highest BCUT2D eigenvalue weighted by Crippen LogP contribution is 2.18. The predicted molar refractivity (Wildman–Crippen MR) is 68.9 cm³/mol. The van der Waals surface area contributed by atoms with Crippen LogP contribution in [-0.4, -0.2) is 35.0 Å². The van der Waals surface area contributed by atoms with E-state index >= 15 is 0 Å². The SMILES string of the molecule is CC(=O)NC1CCN(c2cncc(NN)n2)CC1. The Morgan fingerprint density at radius 2 is 2.17 bits per heavy atom. The highest BCUT2D eigenvalue weighted by Gasteiger charge is 2.20. The number of nitrogens with one attached hydrogen (secondary N) is 2. The van der Waals surface area contributed by atoms with Gasteiger partial charge in [-0.1, -0.05) is 0 Å². The van der Waals surface area contributed by atoms with Crippen molar-refractivity contribution in [2.24, 2.45) is 5.84 Å². The lowest BCUT2D eigenvalue weighted by atomic mass is 10.1. The van der Waals surface area contributed by atoms with E-state index in [0.717, 1.165) is 31.7 Å². The monoisotopic (exact) mass is 250 g/mol. The second-order valence-electron chi connectivity index (χ2n) is 4.37. The first kappa shape index (κ1) is 12.6. The lowest BCUT2D eigenvalue weighted by Gasteiger charge is -2.32. The van der Waals surface area contributed by atoms with Gasteiger partial charge in [0.2, 0.25) is 5.91 Å². The number of hydrazine groups is 1. The lowest BCUT2D eigenvalue weighted by Crippen LogP contribution is -2.44. The van der Waals surface area contributed by atoms with Crippen LogP contribution in [0.4, 0.5) is 11.6 Å². The Labute approximate surface area is 106 Å². The Morgan fingerprint density at radius 1 is 1.44 bits per heavy atom. The lowest BCUT2D eigenvalue weighted by molar-refractivity contribution is -0.119. The fourth-order valence-corrected chi connectivity index (χ4v) is 2.12. The normalized spacial score (nSPS) is 16.4. The van der Waals surface area contributed by atoms with E-state index in [2.05, 4.69) is 25.6 Å². The molecule has 1 aliphatic rings. The third kappa shape index (κ3) is 3.07. The third-order valence-corrected chi connectivity index (χ3v) is 3.00. The van der Waals surface area contributed by atoms with E-state index in [1.807, 2.05) is 0 Å². The first-order chi connectivity index (χ1) is 8.69. The Kier molecular flexibility index (Phi) is 3.93. The van der Waals surface area contributed by atoms with Crippen LogP contribution in [0.3, 0.4) is 0 Å². The molecule has 0 unspecified atom stereocenters. The molecule has 0 atom stereocenters. The Hall–Kier alpha value is -1.89. The molecule has 0 bridgehead atoms. The summed E-state index contributed by atoms with van der Waals surface area (Å²) in [7, 11) is 0. The minimum Gasteiger partial charge on any atom is -0.355 e. The van der Waals surface area contributed by atoms with Gasteiger partial charge in [-0.2, -0.15) is 0 Å². The molecule has 0 radical (unpaired) electrons. The smallest absolute Gasteiger partial charge is 0.217 e. The van der Waals surface area contributed by atoms with Crippen LogP contribution >= 0.6 is 0 Å². The van der Waals surface area contributed by atoms with E-state index in [0.29, 0.717) is 5.82 Å². The van der Waals surface area contributed by atoms with E-state index in [-0.39, 0.29) is 11.9 Å². The predicted octanol–water partition coefficient (Wildman–Crippen LogP) is -0.133. The molecule has 0 aliphatic carbocycles. The van der Waals surface area contributed by atoms with Crippen LogP contribution in [-0.2, 0) is 4.79 Å². The van der Waals surface area contributed by atoms with Gasteiger partial charge in [0, 0.05) is 26.1 Å². The summed E-state index contributed by atoms with van der Waals surface area (Å²) in [6.07, 6.45) is 5.14. The van der Waals surface area contributed by atoms with Gasteiger partial charge in [0.05, 0.1) is 12.4 Å². The molecule has 2 rings (SSSR count). The van der Waals surface area contributed by atoms with Crippen LogP contribution in [0.1, 0.15) is 19.8 Å². The summed E-state index contributed by atoms with van der Waals surface area (Å²) in [5.41, 5.74) is 2.48. The maximum absolute atomic E-state index is 11.0. The van der Waals surface area contributed by atoms with Crippen molar-refractivity contribution in [2.75, 3.05) is 23.4 Å². The fraction of sp³-hybridized carbons (Fsp3) is 0.545. The van der Waals surface area contributed by atoms with Crippen LogP contribution in [0.2, 0.25) is 0 Å². The quantitative estimate of drug-likeness (QED) is 0.511. The second kappa shape index (κ2) is 5.63. The van der Waals surface area contributed by atoms with Crippen molar-refractivity contribution < 1.29 is 4.79 Å². The van der Waals surface area contributed by atoms with Gasteiger partial charge in [-0.3, -0.25) is 9.78 Å². The number of nitrogens with zero attached hydrogens (tertiary/aromatic N) is 3. The van der Waals surface area contributed by atoms with Crippen LogP contribution < -0.4 is 21.5 Å². The third-order valence-electron chi connectivity index (χ3n) is 3.00. The van der Waals surface area contributed by atoms with Crippen molar-refractivity contribution in [3.05, 3.63) is 12.4 Å². The number of carbonyl (C=O) groups is 1. The van der Waals surface area contributed by atoms with Gasteiger partial charge in [0.1, 0.15) is 5.82 Å². The average Bonchev–Trinajstić information content (AvgIpc) is 2.39. The molecular formula is C11H18N6O. The second-order valence-corrected chi connectivity index (χ2v) is 4.37. The van der Waals surface area contributed by atoms with Gasteiger partial charge in [0.25, 0.3) is 0 Å². The van der Waals surface area contributed by atoms with Crippen molar-refractivity contribution in [3.8, 4) is 0 Å². The summed E-state index contributed by atoms with van der Waals surface area (Å²) < 4.78 is 0. The number of aromatic nitrogens is 2. The number of carbonyl (C=O) groups excluding carboxylic acids is 1. The van der Waals surface area contributed by atoms with Gasteiger partial charge >= 0.3 is 0 Å². The van der Waals surface area contributed by atoms with Crippen molar-refractivity contribution in [3.63, 3.8) is 0 Å². The van der Waals surface area contributed by atoms with Gasteiger partial charge in [-0.15, -0.1) is 0 Å². The minimum atomic E-state index is 0.0302. The number of nitrogens with two attached hydrogens (primary N) is 1. The van der Waals surface area contributed by atoms with Crippen LogP contribution in [0, 0.1) is 0 Å². The number of hydrogen-bond donors (Lipinski definition) is 3. The highest BCUT2D eigenvalue weighted by atomic mass is 16.1. The van der Waals surface area contributed by atoms with Crippen molar-refractivity contribution in [1.29, 1.82) is 0 Å². The molecule has 1 saturated heterocycles. The number of anilines is 2. The summed E-state index contributed by atoms with van der Waals surface area (Å²) in [5, 5.41) is 2.94. The fourth-order valence-electron chi connectivity index (χ4n) is 2.12. The van der Waals surface area contributed by atoms with Crippen LogP contribution in [0.5, 0.6) is 0 Å². The van der Waals surface area contributed by atoms with Crippen molar-refractivity contribution in [2.45, 2.75) is 25.8 Å². The molecule has 7 nitrogen and oxygen atoms in total. The molecule has 0 spiro atoms. The van der Waals surface area contributed by atoms with E-state index < -0.39 is 0 Å². The van der Waals surface area contributed by atoms with Crippen molar-refractivity contribution >= 4 is 17.5 Å². The zero-order valence-electron chi connectivity index (χ0n) is 10.4. The molecule has 4 N–H and O–H groups in total. The maximum atomic E-state index is 11.0. The Balaban J connectivity index is 1.94. The van der Waals surface area contributed by atoms with Crippen LogP contribution in [0.25, 0.3) is 0 Å². The van der Waals surface area contributed by atoms with Crippen molar-refractivity contribution in [1.82, 2.24) is 15.3 Å². The number of hydrogen-bond acceptors (Lipinski definition) is 6. The minimum absolute atomic E-state index is 0.0302. The molecule has 1 aliphatic heterocycles. The molecule has 1 amide bonds. The number of nitrogen functional groups attached to an aromatic ring is 1. The zero-order valence-corrected chi connectivity index (χ0v) is 10.4.